The molecule has 1 saturated heterocycles. The molecular formula is C21H28N4O2. The number of fused-ring (bicyclic) bond motifs is 1. The van der Waals surface area contributed by atoms with Gasteiger partial charge in [-0.05, 0) is 45.0 Å². The van der Waals surface area contributed by atoms with Crippen molar-refractivity contribution in [2.45, 2.75) is 45.2 Å². The normalized spacial score (nSPS) is 18.8. The van der Waals surface area contributed by atoms with E-state index in [0.717, 1.165) is 54.6 Å². The maximum absolute atomic E-state index is 13.0. The zero-order valence-corrected chi connectivity index (χ0v) is 16.2. The molecule has 6 nitrogen and oxygen atoms in total. The molecule has 0 aliphatic carbocycles. The number of carbonyl (C=O) groups is 1. The Morgan fingerprint density at radius 2 is 2.04 bits per heavy atom. The van der Waals surface area contributed by atoms with Gasteiger partial charge in [-0.2, -0.15) is 0 Å². The second kappa shape index (κ2) is 7.72. The number of methoxy groups -OCH3 is 1. The van der Waals surface area contributed by atoms with Gasteiger partial charge in [0.25, 0.3) is 0 Å². The van der Waals surface area contributed by atoms with E-state index in [1.807, 2.05) is 29.2 Å². The lowest BCUT2D eigenvalue weighted by atomic mass is 10.1. The number of amides is 1. The van der Waals surface area contributed by atoms with Crippen LogP contribution < -0.4 is 4.74 Å². The molecule has 1 aromatic heterocycles. The van der Waals surface area contributed by atoms with Gasteiger partial charge in [-0.1, -0.05) is 18.6 Å². The second-order valence-corrected chi connectivity index (χ2v) is 7.53. The number of benzene rings is 1. The third-order valence-electron chi connectivity index (χ3n) is 5.78. The molecule has 0 spiro atoms. The highest BCUT2D eigenvalue weighted by Crippen LogP contribution is 2.26. The lowest BCUT2D eigenvalue weighted by Crippen LogP contribution is -2.49. The van der Waals surface area contributed by atoms with Gasteiger partial charge < -0.3 is 14.6 Å². The molecule has 1 fully saturated rings. The van der Waals surface area contributed by atoms with Gasteiger partial charge in [-0.25, -0.2) is 4.98 Å². The van der Waals surface area contributed by atoms with Crippen molar-refractivity contribution in [2.75, 3.05) is 26.7 Å². The Hall–Kier alpha value is -2.34. The number of aromatic nitrogens is 2. The van der Waals surface area contributed by atoms with Gasteiger partial charge >= 0.3 is 0 Å². The van der Waals surface area contributed by atoms with Crippen molar-refractivity contribution >= 4 is 5.91 Å². The van der Waals surface area contributed by atoms with E-state index < -0.39 is 0 Å². The highest BCUT2D eigenvalue weighted by molar-refractivity contribution is 5.81. The molecule has 4 rings (SSSR count). The summed E-state index contributed by atoms with van der Waals surface area (Å²) in [7, 11) is 1.67. The highest BCUT2D eigenvalue weighted by Gasteiger charge is 2.30. The minimum atomic E-state index is -0.0346. The molecule has 2 aliphatic rings. The summed E-state index contributed by atoms with van der Waals surface area (Å²) in [4.78, 5) is 25.5. The van der Waals surface area contributed by atoms with Crippen molar-refractivity contribution < 1.29 is 9.53 Å². The minimum Gasteiger partial charge on any atom is -0.497 e. The van der Waals surface area contributed by atoms with Crippen LogP contribution >= 0.6 is 0 Å². The summed E-state index contributed by atoms with van der Waals surface area (Å²) in [6, 6.07) is 7.85. The molecule has 144 valence electrons. The second-order valence-electron chi connectivity index (χ2n) is 7.53. The van der Waals surface area contributed by atoms with E-state index in [-0.39, 0.29) is 11.9 Å². The predicted octanol–water partition coefficient (Wildman–Crippen LogP) is 2.84. The maximum atomic E-state index is 13.0. The SMILES string of the molecule is COc1cccc(-c2nc3c([nH]2)CN(C(=O)C(C)N2CCCCC2)CC3)c1. The van der Waals surface area contributed by atoms with Crippen LogP contribution in [0.3, 0.4) is 0 Å². The van der Waals surface area contributed by atoms with E-state index in [0.29, 0.717) is 6.54 Å². The number of carbonyl (C=O) groups excluding carboxylic acids is 1. The smallest absolute Gasteiger partial charge is 0.240 e. The number of H-pyrrole nitrogens is 1. The summed E-state index contributed by atoms with van der Waals surface area (Å²) in [5, 5.41) is 0. The van der Waals surface area contributed by atoms with Crippen LogP contribution in [0.5, 0.6) is 5.75 Å². The van der Waals surface area contributed by atoms with Crippen molar-refractivity contribution in [2.24, 2.45) is 0 Å². The highest BCUT2D eigenvalue weighted by atomic mass is 16.5. The van der Waals surface area contributed by atoms with Crippen molar-refractivity contribution in [3.8, 4) is 17.1 Å². The molecule has 27 heavy (non-hydrogen) atoms. The first kappa shape index (κ1) is 18.0. The minimum absolute atomic E-state index is 0.0346. The zero-order chi connectivity index (χ0) is 18.8. The number of piperidine rings is 1. The number of nitrogens with one attached hydrogen (secondary N) is 1. The molecule has 1 aromatic carbocycles. The van der Waals surface area contributed by atoms with E-state index >= 15 is 0 Å². The number of hydrogen-bond acceptors (Lipinski definition) is 4. The quantitative estimate of drug-likeness (QED) is 0.901. The fourth-order valence-corrected chi connectivity index (χ4v) is 4.12. The van der Waals surface area contributed by atoms with Crippen LogP contribution in [0.4, 0.5) is 0 Å². The number of hydrogen-bond donors (Lipinski definition) is 1. The Bertz CT molecular complexity index is 810. The first-order valence-electron chi connectivity index (χ1n) is 9.90. The van der Waals surface area contributed by atoms with Crippen LogP contribution in [0.15, 0.2) is 24.3 Å². The summed E-state index contributed by atoms with van der Waals surface area (Å²) >= 11 is 0. The van der Waals surface area contributed by atoms with Gasteiger partial charge in [-0.15, -0.1) is 0 Å². The van der Waals surface area contributed by atoms with Crippen LogP contribution in [0.1, 0.15) is 37.6 Å². The van der Waals surface area contributed by atoms with Crippen molar-refractivity contribution in [3.63, 3.8) is 0 Å². The average Bonchev–Trinajstić information content (AvgIpc) is 3.17. The predicted molar refractivity (Wildman–Crippen MR) is 105 cm³/mol. The van der Waals surface area contributed by atoms with Crippen LogP contribution in [-0.2, 0) is 17.8 Å². The van der Waals surface area contributed by atoms with Crippen LogP contribution in [0.25, 0.3) is 11.4 Å². The molecule has 1 amide bonds. The maximum Gasteiger partial charge on any atom is 0.240 e. The van der Waals surface area contributed by atoms with Gasteiger partial charge in [-0.3, -0.25) is 9.69 Å². The molecule has 0 saturated carbocycles. The van der Waals surface area contributed by atoms with Crippen molar-refractivity contribution in [1.82, 2.24) is 19.8 Å². The number of rotatable bonds is 4. The third kappa shape index (κ3) is 3.72. The van der Waals surface area contributed by atoms with E-state index in [1.165, 1.54) is 19.3 Å². The topological polar surface area (TPSA) is 61.5 Å². The van der Waals surface area contributed by atoms with Crippen molar-refractivity contribution in [1.29, 1.82) is 0 Å². The monoisotopic (exact) mass is 368 g/mol. The Kier molecular flexibility index (Phi) is 5.16. The lowest BCUT2D eigenvalue weighted by Gasteiger charge is -2.35. The summed E-state index contributed by atoms with van der Waals surface area (Å²) in [5.74, 6) is 1.89. The summed E-state index contributed by atoms with van der Waals surface area (Å²) in [5.41, 5.74) is 3.13. The lowest BCUT2D eigenvalue weighted by molar-refractivity contribution is -0.137. The Morgan fingerprint density at radius 3 is 2.81 bits per heavy atom. The standard InChI is InChI=1S/C21H28N4O2/c1-15(24-10-4-3-5-11-24)21(26)25-12-9-18-19(14-25)23-20(22-18)16-7-6-8-17(13-16)27-2/h6-8,13,15H,3-5,9-12,14H2,1-2H3,(H,22,23). The van der Waals surface area contributed by atoms with E-state index in [1.54, 1.807) is 7.11 Å². The van der Waals surface area contributed by atoms with Gasteiger partial charge in [0.1, 0.15) is 11.6 Å². The summed E-state index contributed by atoms with van der Waals surface area (Å²) in [6.07, 6.45) is 4.48. The van der Waals surface area contributed by atoms with E-state index in [4.69, 9.17) is 9.72 Å². The fraction of sp³-hybridized carbons (Fsp3) is 0.524. The molecule has 1 unspecified atom stereocenters. The molecule has 3 heterocycles. The van der Waals surface area contributed by atoms with Crippen LogP contribution in [0, 0.1) is 0 Å². The first-order chi connectivity index (χ1) is 13.2. The molecule has 1 atom stereocenters. The number of likely N-dealkylation sites (tertiary alicyclic amines) is 1. The van der Waals surface area contributed by atoms with Gasteiger partial charge in [0.15, 0.2) is 0 Å². The van der Waals surface area contributed by atoms with Crippen LogP contribution in [0.2, 0.25) is 0 Å². The summed E-state index contributed by atoms with van der Waals surface area (Å²) in [6.45, 7) is 5.49. The Labute approximate surface area is 160 Å². The molecule has 0 bridgehead atoms. The molecule has 2 aliphatic heterocycles. The van der Waals surface area contributed by atoms with Crippen molar-refractivity contribution in [3.05, 3.63) is 35.7 Å². The molecule has 0 radical (unpaired) electrons. The molecule has 6 heteroatoms. The van der Waals surface area contributed by atoms with Gasteiger partial charge in [0.05, 0.1) is 31.1 Å². The molecular weight excluding hydrogens is 340 g/mol. The first-order valence-corrected chi connectivity index (χ1v) is 9.90. The third-order valence-corrected chi connectivity index (χ3v) is 5.78. The van der Waals surface area contributed by atoms with Crippen LogP contribution in [-0.4, -0.2) is 58.5 Å². The largest absolute Gasteiger partial charge is 0.497 e. The summed E-state index contributed by atoms with van der Waals surface area (Å²) < 4.78 is 5.31. The fourth-order valence-electron chi connectivity index (χ4n) is 4.12. The number of ether oxygens (including phenoxy) is 1. The number of imidazole rings is 1. The average molecular weight is 368 g/mol. The Balaban J connectivity index is 1.48. The molecule has 1 N–H and O–H groups in total. The zero-order valence-electron chi connectivity index (χ0n) is 16.2. The van der Waals surface area contributed by atoms with E-state index in [2.05, 4.69) is 16.8 Å². The Morgan fingerprint density at radius 1 is 1.22 bits per heavy atom. The van der Waals surface area contributed by atoms with Gasteiger partial charge in [0, 0.05) is 18.5 Å². The number of nitrogens with zero attached hydrogens (tertiary/aromatic N) is 3. The van der Waals surface area contributed by atoms with Gasteiger partial charge in [0.2, 0.25) is 5.91 Å². The number of aromatic amines is 1. The van der Waals surface area contributed by atoms with E-state index in [9.17, 15) is 4.79 Å². The molecule has 2 aromatic rings.